The molecule has 0 bridgehead atoms. The van der Waals surface area contributed by atoms with Crippen molar-refractivity contribution in [2.24, 2.45) is 5.92 Å². The van der Waals surface area contributed by atoms with E-state index in [1.807, 2.05) is 11.8 Å². The zero-order valence-electron chi connectivity index (χ0n) is 10.6. The maximum atomic E-state index is 10.9. The zero-order valence-corrected chi connectivity index (χ0v) is 11.4. The molecule has 1 aliphatic carbocycles. The normalized spacial score (nSPS) is 28.6. The van der Waals surface area contributed by atoms with Gasteiger partial charge in [-0.2, -0.15) is 11.8 Å². The number of hydrogen-bond donors (Lipinski definition) is 1. The first kappa shape index (κ1) is 13.2. The van der Waals surface area contributed by atoms with E-state index in [0.29, 0.717) is 12.5 Å². The van der Waals surface area contributed by atoms with Gasteiger partial charge in [-0.25, -0.2) is 0 Å². The Morgan fingerprint density at radius 2 is 2.29 bits per heavy atom. The molecule has 0 aromatic rings. The van der Waals surface area contributed by atoms with Crippen molar-refractivity contribution in [1.29, 1.82) is 0 Å². The maximum Gasteiger partial charge on any atom is 0.304 e. The number of carboxylic acid groups (broad SMARTS) is 1. The molecule has 1 saturated heterocycles. The van der Waals surface area contributed by atoms with Gasteiger partial charge in [0.25, 0.3) is 0 Å². The van der Waals surface area contributed by atoms with Crippen molar-refractivity contribution in [3.63, 3.8) is 0 Å². The fourth-order valence-corrected chi connectivity index (χ4v) is 4.06. The van der Waals surface area contributed by atoms with Crippen molar-refractivity contribution < 1.29 is 9.90 Å². The Morgan fingerprint density at radius 3 is 2.88 bits per heavy atom. The summed E-state index contributed by atoms with van der Waals surface area (Å²) in [5.74, 6) is 2.40. The molecule has 0 spiro atoms. The fraction of sp³-hybridized carbons (Fsp3) is 0.923. The summed E-state index contributed by atoms with van der Waals surface area (Å²) in [7, 11) is 0. The van der Waals surface area contributed by atoms with Gasteiger partial charge in [0.15, 0.2) is 0 Å². The first-order valence-corrected chi connectivity index (χ1v) is 7.87. The van der Waals surface area contributed by atoms with E-state index >= 15 is 0 Å². The van der Waals surface area contributed by atoms with E-state index in [1.165, 1.54) is 25.7 Å². The van der Waals surface area contributed by atoms with Gasteiger partial charge in [0.05, 0.1) is 6.42 Å². The molecule has 1 N–H and O–H groups in total. The van der Waals surface area contributed by atoms with Crippen LogP contribution in [0.15, 0.2) is 0 Å². The number of carboxylic acids is 1. The lowest BCUT2D eigenvalue weighted by Crippen LogP contribution is -2.49. The van der Waals surface area contributed by atoms with Crippen LogP contribution in [0.3, 0.4) is 0 Å². The van der Waals surface area contributed by atoms with E-state index in [2.05, 4.69) is 11.8 Å². The van der Waals surface area contributed by atoms with Crippen LogP contribution in [-0.4, -0.2) is 46.1 Å². The third kappa shape index (κ3) is 3.62. The third-order valence-electron chi connectivity index (χ3n) is 4.15. The molecule has 98 valence electrons. The lowest BCUT2D eigenvalue weighted by molar-refractivity contribution is -0.138. The minimum Gasteiger partial charge on any atom is -0.481 e. The monoisotopic (exact) mass is 257 g/mol. The Hall–Kier alpha value is -0.220. The number of rotatable bonds is 5. The summed E-state index contributed by atoms with van der Waals surface area (Å²) in [6.45, 7) is 3.35. The lowest BCUT2D eigenvalue weighted by Gasteiger charge is -2.41. The molecule has 1 heterocycles. The highest BCUT2D eigenvalue weighted by atomic mass is 32.2. The van der Waals surface area contributed by atoms with Gasteiger partial charge in [-0.15, -0.1) is 0 Å². The number of aliphatic carboxylic acids is 1. The summed E-state index contributed by atoms with van der Waals surface area (Å²) >= 11 is 1.90. The van der Waals surface area contributed by atoms with Crippen molar-refractivity contribution >= 4 is 17.7 Å². The second-order valence-corrected chi connectivity index (χ2v) is 6.60. The van der Waals surface area contributed by atoms with Gasteiger partial charge < -0.3 is 5.11 Å². The molecular weight excluding hydrogens is 234 g/mol. The predicted molar refractivity (Wildman–Crippen MR) is 71.5 cm³/mol. The van der Waals surface area contributed by atoms with E-state index < -0.39 is 5.97 Å². The number of nitrogens with zero attached hydrogens (tertiary/aromatic N) is 1. The highest BCUT2D eigenvalue weighted by Crippen LogP contribution is 2.33. The van der Waals surface area contributed by atoms with Crippen LogP contribution in [0.4, 0.5) is 0 Å². The molecule has 1 saturated carbocycles. The number of thioether (sulfide) groups is 1. The summed E-state index contributed by atoms with van der Waals surface area (Å²) in [5.41, 5.74) is 0. The third-order valence-corrected chi connectivity index (χ3v) is 5.24. The fourth-order valence-electron chi connectivity index (χ4n) is 2.97. The van der Waals surface area contributed by atoms with Gasteiger partial charge in [-0.1, -0.05) is 19.3 Å². The molecule has 2 aliphatic rings. The average Bonchev–Trinajstić information content (AvgIpc) is 2.23. The van der Waals surface area contributed by atoms with Gasteiger partial charge in [0, 0.05) is 30.1 Å². The van der Waals surface area contributed by atoms with Crippen LogP contribution >= 0.6 is 11.8 Å². The summed E-state index contributed by atoms with van der Waals surface area (Å²) in [4.78, 5) is 13.3. The van der Waals surface area contributed by atoms with Crippen molar-refractivity contribution in [3.8, 4) is 0 Å². The molecule has 4 heteroatoms. The molecule has 2 atom stereocenters. The smallest absolute Gasteiger partial charge is 0.304 e. The van der Waals surface area contributed by atoms with E-state index in [-0.39, 0.29) is 6.04 Å². The quantitative estimate of drug-likeness (QED) is 0.821. The van der Waals surface area contributed by atoms with Crippen LogP contribution in [0, 0.1) is 5.92 Å². The minimum absolute atomic E-state index is 0.251. The molecule has 0 radical (unpaired) electrons. The number of hydrogen-bond acceptors (Lipinski definition) is 3. The zero-order chi connectivity index (χ0) is 12.3. The Bertz CT molecular complexity index is 268. The van der Waals surface area contributed by atoms with Crippen LogP contribution in [0.25, 0.3) is 0 Å². The second kappa shape index (κ2) is 6.10. The van der Waals surface area contributed by atoms with E-state index in [9.17, 15) is 4.79 Å². The van der Waals surface area contributed by atoms with Crippen LogP contribution < -0.4 is 0 Å². The maximum absolute atomic E-state index is 10.9. The van der Waals surface area contributed by atoms with Crippen molar-refractivity contribution in [3.05, 3.63) is 0 Å². The van der Waals surface area contributed by atoms with Crippen molar-refractivity contribution in [1.82, 2.24) is 4.90 Å². The molecule has 0 aromatic heterocycles. The topological polar surface area (TPSA) is 40.5 Å². The number of carbonyl (C=O) groups is 1. The van der Waals surface area contributed by atoms with E-state index in [0.717, 1.165) is 24.0 Å². The van der Waals surface area contributed by atoms with Gasteiger partial charge >= 0.3 is 5.97 Å². The van der Waals surface area contributed by atoms with Crippen LogP contribution in [0.1, 0.15) is 39.0 Å². The van der Waals surface area contributed by atoms with Gasteiger partial charge in [0.1, 0.15) is 0 Å². The standard InChI is InChI=1S/C13H23NO2S/c1-10(7-11-3-2-4-11)14-5-6-17-9-12(14)8-13(15)16/h10-12H,2-9H2,1H3,(H,15,16). The summed E-state index contributed by atoms with van der Waals surface area (Å²) in [5, 5.41) is 8.97. The van der Waals surface area contributed by atoms with Gasteiger partial charge in [0.2, 0.25) is 0 Å². The molecule has 1 aliphatic heterocycles. The summed E-state index contributed by atoms with van der Waals surface area (Å²) in [6.07, 6.45) is 5.74. The second-order valence-electron chi connectivity index (χ2n) is 5.45. The predicted octanol–water partition coefficient (Wildman–Crippen LogP) is 2.46. The Kier molecular flexibility index (Phi) is 4.74. The Balaban J connectivity index is 1.87. The highest BCUT2D eigenvalue weighted by Gasteiger charge is 2.30. The molecule has 2 fully saturated rings. The molecule has 2 unspecified atom stereocenters. The van der Waals surface area contributed by atoms with Gasteiger partial charge in [-0.05, 0) is 19.3 Å². The largest absolute Gasteiger partial charge is 0.481 e. The minimum atomic E-state index is -0.654. The molecular formula is C13H23NO2S. The SMILES string of the molecule is CC(CC1CCC1)N1CCSCC1CC(=O)O. The van der Waals surface area contributed by atoms with E-state index in [1.54, 1.807) is 0 Å². The molecule has 17 heavy (non-hydrogen) atoms. The Morgan fingerprint density at radius 1 is 1.53 bits per heavy atom. The lowest BCUT2D eigenvalue weighted by atomic mass is 9.80. The van der Waals surface area contributed by atoms with Crippen molar-refractivity contribution in [2.45, 2.75) is 51.1 Å². The highest BCUT2D eigenvalue weighted by molar-refractivity contribution is 7.99. The Labute approximate surface area is 108 Å². The molecule has 2 rings (SSSR count). The molecule has 3 nitrogen and oxygen atoms in total. The molecule has 0 amide bonds. The molecule has 0 aromatic carbocycles. The van der Waals surface area contributed by atoms with Crippen LogP contribution in [-0.2, 0) is 4.79 Å². The van der Waals surface area contributed by atoms with Crippen LogP contribution in [0.5, 0.6) is 0 Å². The van der Waals surface area contributed by atoms with E-state index in [4.69, 9.17) is 5.11 Å². The summed E-state index contributed by atoms with van der Waals surface area (Å²) < 4.78 is 0. The summed E-state index contributed by atoms with van der Waals surface area (Å²) in [6, 6.07) is 0.812. The first-order valence-electron chi connectivity index (χ1n) is 6.72. The van der Waals surface area contributed by atoms with Gasteiger partial charge in [-0.3, -0.25) is 9.69 Å². The van der Waals surface area contributed by atoms with Crippen LogP contribution in [0.2, 0.25) is 0 Å². The van der Waals surface area contributed by atoms with Crippen molar-refractivity contribution in [2.75, 3.05) is 18.1 Å². The average molecular weight is 257 g/mol. The first-order chi connectivity index (χ1) is 8.16.